The second-order valence-electron chi connectivity index (χ2n) is 5.00. The number of hydrogen-bond acceptors (Lipinski definition) is 0. The second-order valence-corrected chi connectivity index (χ2v) is 8.70. The molecule has 0 aromatic rings. The zero-order valence-electron chi connectivity index (χ0n) is 9.97. The normalized spacial score (nSPS) is 45.0. The minimum atomic E-state index is -0.0195. The van der Waals surface area contributed by atoms with Crippen molar-refractivity contribution in [1.82, 2.24) is 0 Å². The smallest absolute Gasteiger partial charge is 0.0364 e. The Morgan fingerprint density at radius 3 is 0.556 bits per heavy atom. The van der Waals surface area contributed by atoms with E-state index >= 15 is 0 Å². The van der Waals surface area contributed by atoms with E-state index < -0.39 is 0 Å². The first kappa shape index (κ1) is 17.8. The molecule has 0 spiro atoms. The Kier molecular flexibility index (Phi) is 8.80. The molecule has 0 N–H and O–H groups in total. The predicted molar refractivity (Wildman–Crippen MR) is 85.5 cm³/mol. The maximum absolute atomic E-state index is 6.25. The number of rotatable bonds is 0. The topological polar surface area (TPSA) is 0 Å². The van der Waals surface area contributed by atoms with Crippen LogP contribution in [0.3, 0.4) is 0 Å². The van der Waals surface area contributed by atoms with Gasteiger partial charge in [0.2, 0.25) is 0 Å². The van der Waals surface area contributed by atoms with E-state index in [0.717, 1.165) is 38.5 Å². The molecule has 18 heavy (non-hydrogen) atoms. The Hall–Kier alpha value is 1.74. The number of halogens is 6. The molecule has 0 amide bonds. The minimum Gasteiger partial charge on any atom is -0.123 e. The van der Waals surface area contributed by atoms with E-state index in [-0.39, 0.29) is 32.3 Å². The molecule has 0 heterocycles. The molecule has 1 saturated carbocycles. The van der Waals surface area contributed by atoms with E-state index in [9.17, 15) is 0 Å². The van der Waals surface area contributed by atoms with Crippen molar-refractivity contribution in [3.8, 4) is 0 Å². The molecule has 6 heteroatoms. The van der Waals surface area contributed by atoms with Crippen molar-refractivity contribution in [2.75, 3.05) is 0 Å². The molecule has 1 aliphatic carbocycles. The van der Waals surface area contributed by atoms with E-state index in [1.165, 1.54) is 0 Å². The van der Waals surface area contributed by atoms with Gasteiger partial charge < -0.3 is 0 Å². The summed E-state index contributed by atoms with van der Waals surface area (Å²) in [5.74, 6) is 0. The largest absolute Gasteiger partial charge is 0.123 e. The Labute approximate surface area is 140 Å². The fraction of sp³-hybridized carbons (Fsp3) is 1.00. The first-order valence-electron chi connectivity index (χ1n) is 6.21. The van der Waals surface area contributed by atoms with Gasteiger partial charge in [0.25, 0.3) is 0 Å². The molecule has 1 aliphatic rings. The summed E-state index contributed by atoms with van der Waals surface area (Å²) < 4.78 is 0. The van der Waals surface area contributed by atoms with Crippen molar-refractivity contribution >= 4 is 69.6 Å². The quantitative estimate of drug-likeness (QED) is 0.457. The molecule has 0 radical (unpaired) electrons. The van der Waals surface area contributed by atoms with Crippen molar-refractivity contribution in [2.24, 2.45) is 0 Å². The van der Waals surface area contributed by atoms with Gasteiger partial charge in [-0.3, -0.25) is 0 Å². The minimum absolute atomic E-state index is 0.0195. The van der Waals surface area contributed by atoms with Gasteiger partial charge in [-0.1, -0.05) is 0 Å². The first-order valence-corrected chi connectivity index (χ1v) is 8.83. The summed E-state index contributed by atoms with van der Waals surface area (Å²) in [5, 5.41) is -0.117. The lowest BCUT2D eigenvalue weighted by molar-refractivity contribution is 0.524. The fourth-order valence-electron chi connectivity index (χ4n) is 2.24. The van der Waals surface area contributed by atoms with Gasteiger partial charge in [0, 0.05) is 32.3 Å². The lowest BCUT2D eigenvalue weighted by Crippen LogP contribution is -2.23. The Morgan fingerprint density at radius 1 is 0.333 bits per heavy atom. The van der Waals surface area contributed by atoms with Gasteiger partial charge in [-0.15, -0.1) is 69.6 Å². The van der Waals surface area contributed by atoms with Crippen LogP contribution < -0.4 is 0 Å². The molecule has 0 bridgehead atoms. The zero-order valence-corrected chi connectivity index (χ0v) is 14.5. The highest BCUT2D eigenvalue weighted by Crippen LogP contribution is 2.30. The standard InChI is InChI=1S/C12H18Cl6/c13-7-1-8(14)3-10(16)5-12(18)6-11(17)4-9(15)2-7/h7-12H,1-6H2. The van der Waals surface area contributed by atoms with Crippen molar-refractivity contribution in [2.45, 2.75) is 70.8 Å². The third-order valence-corrected chi connectivity index (χ3v) is 5.21. The van der Waals surface area contributed by atoms with E-state index in [4.69, 9.17) is 69.6 Å². The summed E-state index contributed by atoms with van der Waals surface area (Å²) in [6, 6.07) is 0. The van der Waals surface area contributed by atoms with E-state index in [1.54, 1.807) is 0 Å². The zero-order chi connectivity index (χ0) is 13.7. The summed E-state index contributed by atoms with van der Waals surface area (Å²) in [4.78, 5) is 0. The predicted octanol–water partition coefficient (Wildman–Crippen LogP) is 5.99. The average molecular weight is 375 g/mol. The highest BCUT2D eigenvalue weighted by atomic mass is 35.5. The van der Waals surface area contributed by atoms with Crippen LogP contribution in [0.15, 0.2) is 0 Å². The molecular formula is C12H18Cl6. The fourth-order valence-corrected chi connectivity index (χ4v) is 5.37. The van der Waals surface area contributed by atoms with Crippen LogP contribution in [-0.4, -0.2) is 32.3 Å². The Balaban J connectivity index is 2.60. The van der Waals surface area contributed by atoms with Crippen molar-refractivity contribution < 1.29 is 0 Å². The molecule has 0 atom stereocenters. The van der Waals surface area contributed by atoms with Gasteiger partial charge in [0.05, 0.1) is 0 Å². The molecule has 0 aromatic heterocycles. The van der Waals surface area contributed by atoms with Gasteiger partial charge in [0.15, 0.2) is 0 Å². The number of alkyl halides is 6. The summed E-state index contributed by atoms with van der Waals surface area (Å²) in [7, 11) is 0. The van der Waals surface area contributed by atoms with Crippen LogP contribution in [0, 0.1) is 0 Å². The summed E-state index contributed by atoms with van der Waals surface area (Å²) in [6.07, 6.45) is 4.31. The third-order valence-electron chi connectivity index (χ3n) is 3.07. The van der Waals surface area contributed by atoms with Gasteiger partial charge in [-0.2, -0.15) is 0 Å². The maximum atomic E-state index is 6.25. The van der Waals surface area contributed by atoms with Crippen LogP contribution in [0.4, 0.5) is 0 Å². The highest BCUT2D eigenvalue weighted by Gasteiger charge is 2.25. The first-order chi connectivity index (χ1) is 8.36. The van der Waals surface area contributed by atoms with Crippen LogP contribution in [0.2, 0.25) is 0 Å². The van der Waals surface area contributed by atoms with Crippen molar-refractivity contribution in [3.05, 3.63) is 0 Å². The van der Waals surface area contributed by atoms with E-state index in [1.807, 2.05) is 0 Å². The van der Waals surface area contributed by atoms with Crippen LogP contribution in [0.5, 0.6) is 0 Å². The van der Waals surface area contributed by atoms with Gasteiger partial charge in [0.1, 0.15) is 0 Å². The molecule has 1 fully saturated rings. The lowest BCUT2D eigenvalue weighted by atomic mass is 9.99. The van der Waals surface area contributed by atoms with Crippen LogP contribution in [0.25, 0.3) is 0 Å². The SMILES string of the molecule is ClC1CC(Cl)CC(Cl)CC(Cl)CC(Cl)CC(Cl)C1. The highest BCUT2D eigenvalue weighted by molar-refractivity contribution is 6.27. The lowest BCUT2D eigenvalue weighted by Gasteiger charge is -2.24. The average Bonchev–Trinajstić information content (AvgIpc) is 2.12. The molecular weight excluding hydrogens is 357 g/mol. The van der Waals surface area contributed by atoms with Crippen molar-refractivity contribution in [3.63, 3.8) is 0 Å². The molecule has 0 unspecified atom stereocenters. The molecule has 0 aliphatic heterocycles. The van der Waals surface area contributed by atoms with Crippen molar-refractivity contribution in [1.29, 1.82) is 0 Å². The second kappa shape index (κ2) is 8.90. The molecule has 1 rings (SSSR count). The van der Waals surface area contributed by atoms with Gasteiger partial charge in [-0.25, -0.2) is 0 Å². The Bertz CT molecular complexity index is 163. The van der Waals surface area contributed by atoms with Gasteiger partial charge in [-0.05, 0) is 38.5 Å². The van der Waals surface area contributed by atoms with E-state index in [0.29, 0.717) is 0 Å². The summed E-state index contributed by atoms with van der Waals surface area (Å²) in [6.45, 7) is 0. The van der Waals surface area contributed by atoms with Crippen LogP contribution >= 0.6 is 69.6 Å². The maximum Gasteiger partial charge on any atom is 0.0364 e. The van der Waals surface area contributed by atoms with E-state index in [2.05, 4.69) is 0 Å². The van der Waals surface area contributed by atoms with Crippen LogP contribution in [-0.2, 0) is 0 Å². The molecule has 108 valence electrons. The molecule has 0 saturated heterocycles. The van der Waals surface area contributed by atoms with Crippen LogP contribution in [0.1, 0.15) is 38.5 Å². The molecule has 0 nitrogen and oxygen atoms in total. The van der Waals surface area contributed by atoms with Gasteiger partial charge >= 0.3 is 0 Å². The summed E-state index contributed by atoms with van der Waals surface area (Å²) in [5.41, 5.74) is 0. The molecule has 0 aromatic carbocycles. The third kappa shape index (κ3) is 7.50. The summed E-state index contributed by atoms with van der Waals surface area (Å²) >= 11 is 37.5. The monoisotopic (exact) mass is 372 g/mol. The number of hydrogen-bond donors (Lipinski definition) is 0. The Morgan fingerprint density at radius 2 is 0.444 bits per heavy atom.